The van der Waals surface area contributed by atoms with Gasteiger partial charge in [0, 0.05) is 42.7 Å². The Bertz CT molecular complexity index is 1030. The normalized spacial score (nSPS) is 17.1. The molecule has 0 radical (unpaired) electrons. The molecule has 1 aliphatic rings. The maximum absolute atomic E-state index is 11.9. The standard InChI is InChI=1S/C23H29N5O/c1-4-5-20-13-22(29)25-23(24-20)19-8-6-18(7-9-19)14-27-11-10-21(15-27)28-17(3)12-16(2)26-28/h6-9,12-13,21H,4-5,10-11,14-15H2,1-3H3,(H,24,25,29)/t21-/m1/s1. The fourth-order valence-corrected chi connectivity index (χ4v) is 4.23. The van der Waals surface area contributed by atoms with E-state index < -0.39 is 0 Å². The van der Waals surface area contributed by atoms with Crippen molar-refractivity contribution in [3.63, 3.8) is 0 Å². The Labute approximate surface area is 171 Å². The lowest BCUT2D eigenvalue weighted by Crippen LogP contribution is -2.22. The van der Waals surface area contributed by atoms with Crippen LogP contribution in [0.1, 0.15) is 48.5 Å². The fourth-order valence-electron chi connectivity index (χ4n) is 4.23. The summed E-state index contributed by atoms with van der Waals surface area (Å²) in [6, 6.07) is 12.6. The van der Waals surface area contributed by atoms with Gasteiger partial charge in [0.05, 0.1) is 11.7 Å². The molecule has 29 heavy (non-hydrogen) atoms. The molecule has 4 rings (SSSR count). The molecule has 0 bridgehead atoms. The molecule has 0 saturated carbocycles. The highest BCUT2D eigenvalue weighted by Gasteiger charge is 2.25. The van der Waals surface area contributed by atoms with Crippen LogP contribution in [0.25, 0.3) is 11.4 Å². The number of benzene rings is 1. The zero-order valence-electron chi connectivity index (χ0n) is 17.5. The highest BCUT2D eigenvalue weighted by Crippen LogP contribution is 2.25. The maximum Gasteiger partial charge on any atom is 0.251 e. The van der Waals surface area contributed by atoms with E-state index in [1.807, 2.05) is 0 Å². The Morgan fingerprint density at radius 3 is 2.66 bits per heavy atom. The summed E-state index contributed by atoms with van der Waals surface area (Å²) in [5.41, 5.74) is 5.31. The SMILES string of the molecule is CCCc1cc(=O)[nH]c(-c2ccc(CN3CC[C@@H](n4nc(C)cc4C)C3)cc2)n1. The van der Waals surface area contributed by atoms with Crippen molar-refractivity contribution in [2.45, 2.75) is 52.6 Å². The summed E-state index contributed by atoms with van der Waals surface area (Å²) in [4.78, 5) is 21.9. The van der Waals surface area contributed by atoms with Crippen LogP contribution in [0, 0.1) is 13.8 Å². The Morgan fingerprint density at radius 2 is 1.97 bits per heavy atom. The van der Waals surface area contributed by atoms with Crippen molar-refractivity contribution in [3.05, 3.63) is 69.4 Å². The molecule has 3 aromatic rings. The first-order chi connectivity index (χ1) is 14.0. The van der Waals surface area contributed by atoms with Crippen molar-refractivity contribution in [3.8, 4) is 11.4 Å². The van der Waals surface area contributed by atoms with E-state index in [9.17, 15) is 4.79 Å². The van der Waals surface area contributed by atoms with Gasteiger partial charge in [-0.05, 0) is 38.3 Å². The van der Waals surface area contributed by atoms with E-state index in [4.69, 9.17) is 0 Å². The molecule has 2 aromatic heterocycles. The van der Waals surface area contributed by atoms with Gasteiger partial charge in [0.15, 0.2) is 0 Å². The van der Waals surface area contributed by atoms with Crippen molar-refractivity contribution in [2.24, 2.45) is 0 Å². The molecule has 1 N–H and O–H groups in total. The smallest absolute Gasteiger partial charge is 0.251 e. The van der Waals surface area contributed by atoms with Gasteiger partial charge >= 0.3 is 0 Å². The number of nitrogens with zero attached hydrogens (tertiary/aromatic N) is 4. The van der Waals surface area contributed by atoms with Crippen LogP contribution in [0.4, 0.5) is 0 Å². The quantitative estimate of drug-likeness (QED) is 0.696. The Morgan fingerprint density at radius 1 is 1.17 bits per heavy atom. The van der Waals surface area contributed by atoms with Crippen molar-refractivity contribution < 1.29 is 0 Å². The van der Waals surface area contributed by atoms with Gasteiger partial charge in [0.1, 0.15) is 5.82 Å². The van der Waals surface area contributed by atoms with Crippen LogP contribution in [0.15, 0.2) is 41.2 Å². The summed E-state index contributed by atoms with van der Waals surface area (Å²) < 4.78 is 2.18. The highest BCUT2D eigenvalue weighted by molar-refractivity contribution is 5.55. The number of likely N-dealkylation sites (tertiary alicyclic amines) is 1. The van der Waals surface area contributed by atoms with Crippen LogP contribution in [-0.2, 0) is 13.0 Å². The monoisotopic (exact) mass is 391 g/mol. The summed E-state index contributed by atoms with van der Waals surface area (Å²) in [5.74, 6) is 0.651. The molecule has 1 fully saturated rings. The first-order valence-corrected chi connectivity index (χ1v) is 10.5. The van der Waals surface area contributed by atoms with Crippen LogP contribution >= 0.6 is 0 Å². The molecule has 3 heterocycles. The third-order valence-electron chi connectivity index (χ3n) is 5.57. The van der Waals surface area contributed by atoms with E-state index in [2.05, 4.69) is 75.8 Å². The zero-order valence-corrected chi connectivity index (χ0v) is 17.5. The topological polar surface area (TPSA) is 66.8 Å². The molecule has 0 unspecified atom stereocenters. The fraction of sp³-hybridized carbons (Fsp3) is 0.435. The van der Waals surface area contributed by atoms with Crippen molar-refractivity contribution in [1.29, 1.82) is 0 Å². The summed E-state index contributed by atoms with van der Waals surface area (Å²) in [5, 5.41) is 4.66. The summed E-state index contributed by atoms with van der Waals surface area (Å²) in [6.07, 6.45) is 2.93. The summed E-state index contributed by atoms with van der Waals surface area (Å²) in [7, 11) is 0. The third kappa shape index (κ3) is 4.48. The number of nitrogens with one attached hydrogen (secondary N) is 1. The number of H-pyrrole nitrogens is 1. The first kappa shape index (κ1) is 19.6. The number of aromatic nitrogens is 4. The molecule has 6 heteroatoms. The average molecular weight is 392 g/mol. The number of hydrogen-bond donors (Lipinski definition) is 1. The minimum Gasteiger partial charge on any atom is -0.307 e. The van der Waals surface area contributed by atoms with Crippen LogP contribution in [-0.4, -0.2) is 37.7 Å². The van der Waals surface area contributed by atoms with Crippen LogP contribution in [0.5, 0.6) is 0 Å². The highest BCUT2D eigenvalue weighted by atomic mass is 16.1. The van der Waals surface area contributed by atoms with Crippen molar-refractivity contribution in [1.82, 2.24) is 24.6 Å². The second kappa shape index (κ2) is 8.33. The molecular formula is C23H29N5O. The van der Waals surface area contributed by atoms with E-state index in [0.29, 0.717) is 11.9 Å². The lowest BCUT2D eigenvalue weighted by molar-refractivity contribution is 0.310. The van der Waals surface area contributed by atoms with E-state index in [1.54, 1.807) is 6.07 Å². The summed E-state index contributed by atoms with van der Waals surface area (Å²) in [6.45, 7) is 9.31. The van der Waals surface area contributed by atoms with Crippen molar-refractivity contribution >= 4 is 0 Å². The van der Waals surface area contributed by atoms with Gasteiger partial charge in [0.2, 0.25) is 0 Å². The van der Waals surface area contributed by atoms with Crippen LogP contribution in [0.3, 0.4) is 0 Å². The van der Waals surface area contributed by atoms with Gasteiger partial charge in [0.25, 0.3) is 5.56 Å². The molecule has 1 aliphatic heterocycles. The predicted molar refractivity (Wildman–Crippen MR) is 115 cm³/mol. The zero-order chi connectivity index (χ0) is 20.4. The number of aryl methyl sites for hydroxylation is 3. The lowest BCUT2D eigenvalue weighted by atomic mass is 10.1. The van der Waals surface area contributed by atoms with Crippen LogP contribution < -0.4 is 5.56 Å². The molecule has 1 saturated heterocycles. The number of rotatable bonds is 6. The molecule has 6 nitrogen and oxygen atoms in total. The van der Waals surface area contributed by atoms with Gasteiger partial charge in [-0.15, -0.1) is 0 Å². The Hall–Kier alpha value is -2.73. The minimum absolute atomic E-state index is 0.0882. The van der Waals surface area contributed by atoms with Gasteiger partial charge in [-0.2, -0.15) is 5.10 Å². The summed E-state index contributed by atoms with van der Waals surface area (Å²) >= 11 is 0. The van der Waals surface area contributed by atoms with E-state index in [0.717, 1.165) is 55.8 Å². The third-order valence-corrected chi connectivity index (χ3v) is 5.57. The molecule has 0 spiro atoms. The first-order valence-electron chi connectivity index (χ1n) is 10.5. The predicted octanol–water partition coefficient (Wildman–Crippen LogP) is 3.65. The number of aromatic amines is 1. The molecule has 1 atom stereocenters. The van der Waals surface area contributed by atoms with Gasteiger partial charge in [-0.1, -0.05) is 37.6 Å². The number of hydrogen-bond acceptors (Lipinski definition) is 4. The molecule has 0 amide bonds. The second-order valence-corrected chi connectivity index (χ2v) is 8.08. The van der Waals surface area contributed by atoms with Crippen molar-refractivity contribution in [2.75, 3.05) is 13.1 Å². The van der Waals surface area contributed by atoms with E-state index >= 15 is 0 Å². The largest absolute Gasteiger partial charge is 0.307 e. The van der Waals surface area contributed by atoms with Gasteiger partial charge in [-0.3, -0.25) is 14.4 Å². The minimum atomic E-state index is -0.0882. The molecule has 152 valence electrons. The average Bonchev–Trinajstić information content (AvgIpc) is 3.27. The molecular weight excluding hydrogens is 362 g/mol. The van der Waals surface area contributed by atoms with Gasteiger partial charge in [-0.25, -0.2) is 4.98 Å². The molecule has 1 aromatic carbocycles. The maximum atomic E-state index is 11.9. The van der Waals surface area contributed by atoms with E-state index in [1.165, 1.54) is 11.3 Å². The Balaban J connectivity index is 1.43. The van der Waals surface area contributed by atoms with Crippen LogP contribution in [0.2, 0.25) is 0 Å². The second-order valence-electron chi connectivity index (χ2n) is 8.08. The lowest BCUT2D eigenvalue weighted by Gasteiger charge is -2.17. The Kier molecular flexibility index (Phi) is 5.62. The van der Waals surface area contributed by atoms with E-state index in [-0.39, 0.29) is 5.56 Å². The molecule has 0 aliphatic carbocycles. The van der Waals surface area contributed by atoms with Gasteiger partial charge < -0.3 is 4.98 Å².